The van der Waals surface area contributed by atoms with Crippen LogP contribution < -0.4 is 0 Å². The molecule has 0 heterocycles. The normalized spacial score (nSPS) is 12.9. The van der Waals surface area contributed by atoms with Crippen LogP contribution in [-0.2, 0) is 14.2 Å². The maximum atomic E-state index is 9.56. The first-order valence-corrected chi connectivity index (χ1v) is 6.62. The van der Waals surface area contributed by atoms with Crippen molar-refractivity contribution in [1.29, 1.82) is 0 Å². The Kier molecular flexibility index (Phi) is 11.0. The highest BCUT2D eigenvalue weighted by atomic mass is 16.7. The van der Waals surface area contributed by atoms with Gasteiger partial charge in [-0.05, 0) is 0 Å². The molecule has 9 heteroatoms. The minimum Gasteiger partial charge on any atom is -0.395 e. The maximum Gasteiger partial charge on any atom is 0.204 e. The summed E-state index contributed by atoms with van der Waals surface area (Å²) in [7, 11) is 0. The van der Waals surface area contributed by atoms with Crippen molar-refractivity contribution in [1.82, 2.24) is 0 Å². The molecule has 128 valence electrons. The van der Waals surface area contributed by atoms with Crippen molar-refractivity contribution in [2.75, 3.05) is 66.1 Å². The minimum atomic E-state index is -1.79. The summed E-state index contributed by atoms with van der Waals surface area (Å²) in [5.41, 5.74) is -1.62. The number of hydrogen-bond acceptors (Lipinski definition) is 9. The van der Waals surface area contributed by atoms with Gasteiger partial charge in [-0.3, -0.25) is 0 Å². The van der Waals surface area contributed by atoms with Crippen LogP contribution in [0.25, 0.3) is 0 Å². The Morgan fingerprint density at radius 2 is 1.05 bits per heavy atom. The molecule has 0 aromatic rings. The summed E-state index contributed by atoms with van der Waals surface area (Å²) in [6.45, 7) is -3.80. The first kappa shape index (κ1) is 20.6. The molecular formula is C12H26O9. The van der Waals surface area contributed by atoms with Crippen LogP contribution >= 0.6 is 0 Å². The standard InChI is InChI=1S/C12H26O9/c13-1-4-19-10-12(20-5-2-14,21-6-3-15)11(7-16,8-17)9-18/h13-18H,1-10H2. The average molecular weight is 314 g/mol. The van der Waals surface area contributed by atoms with E-state index < -0.39 is 31.0 Å². The van der Waals surface area contributed by atoms with Crippen LogP contribution in [0, 0.1) is 5.41 Å². The second-order valence-corrected chi connectivity index (χ2v) is 4.43. The summed E-state index contributed by atoms with van der Waals surface area (Å²) in [5.74, 6) is -1.79. The van der Waals surface area contributed by atoms with E-state index in [9.17, 15) is 15.3 Å². The second-order valence-electron chi connectivity index (χ2n) is 4.43. The molecule has 0 aromatic carbocycles. The van der Waals surface area contributed by atoms with Crippen molar-refractivity contribution in [3.63, 3.8) is 0 Å². The quantitative estimate of drug-likeness (QED) is 0.143. The van der Waals surface area contributed by atoms with Crippen molar-refractivity contribution >= 4 is 0 Å². The SMILES string of the molecule is OCCOCC(OCCO)(OCCO)C(CO)(CO)CO. The second kappa shape index (κ2) is 11.2. The molecule has 0 saturated heterocycles. The van der Waals surface area contributed by atoms with Gasteiger partial charge in [0.25, 0.3) is 0 Å². The molecule has 0 aliphatic carbocycles. The van der Waals surface area contributed by atoms with Gasteiger partial charge in [0.2, 0.25) is 5.79 Å². The van der Waals surface area contributed by atoms with Crippen molar-refractivity contribution in [3.8, 4) is 0 Å². The summed E-state index contributed by atoms with van der Waals surface area (Å²) in [5, 5.41) is 55.3. The molecule has 0 saturated carbocycles. The van der Waals surface area contributed by atoms with E-state index in [0.29, 0.717) is 0 Å². The molecule has 0 radical (unpaired) electrons. The lowest BCUT2D eigenvalue weighted by Crippen LogP contribution is -2.62. The lowest BCUT2D eigenvalue weighted by Gasteiger charge is -2.46. The fourth-order valence-corrected chi connectivity index (χ4v) is 1.79. The van der Waals surface area contributed by atoms with E-state index >= 15 is 0 Å². The fraction of sp³-hybridized carbons (Fsp3) is 1.00. The van der Waals surface area contributed by atoms with Gasteiger partial charge in [0.05, 0.1) is 64.9 Å². The molecule has 21 heavy (non-hydrogen) atoms. The van der Waals surface area contributed by atoms with Gasteiger partial charge in [-0.15, -0.1) is 0 Å². The van der Waals surface area contributed by atoms with Gasteiger partial charge >= 0.3 is 0 Å². The number of ether oxygens (including phenoxy) is 3. The Balaban J connectivity index is 5.36. The van der Waals surface area contributed by atoms with E-state index in [1.807, 2.05) is 0 Å². The minimum absolute atomic E-state index is 0.0505. The Morgan fingerprint density at radius 1 is 0.619 bits per heavy atom. The molecule has 0 fully saturated rings. The molecule has 0 amide bonds. The van der Waals surface area contributed by atoms with E-state index in [0.717, 1.165) is 0 Å². The van der Waals surface area contributed by atoms with Crippen molar-refractivity contribution in [3.05, 3.63) is 0 Å². The molecule has 0 bridgehead atoms. The molecule has 0 atom stereocenters. The predicted molar refractivity (Wildman–Crippen MR) is 70.4 cm³/mol. The molecule has 6 N–H and O–H groups in total. The van der Waals surface area contributed by atoms with Crippen LogP contribution in [0.5, 0.6) is 0 Å². The van der Waals surface area contributed by atoms with Gasteiger partial charge in [0, 0.05) is 0 Å². The predicted octanol–water partition coefficient (Wildman–Crippen LogP) is -3.33. The van der Waals surface area contributed by atoms with Crippen LogP contribution in [0.4, 0.5) is 0 Å². The molecule has 0 rings (SSSR count). The van der Waals surface area contributed by atoms with Crippen LogP contribution in [0.1, 0.15) is 0 Å². The summed E-state index contributed by atoms with van der Waals surface area (Å²) in [4.78, 5) is 0. The van der Waals surface area contributed by atoms with Crippen molar-refractivity contribution in [2.24, 2.45) is 5.41 Å². The third-order valence-electron chi connectivity index (χ3n) is 3.10. The smallest absolute Gasteiger partial charge is 0.204 e. The Labute approximate surface area is 123 Å². The molecule has 0 aliphatic heterocycles. The topological polar surface area (TPSA) is 149 Å². The van der Waals surface area contributed by atoms with E-state index in [1.165, 1.54) is 0 Å². The van der Waals surface area contributed by atoms with Gasteiger partial charge in [-0.2, -0.15) is 0 Å². The monoisotopic (exact) mass is 314 g/mol. The highest BCUT2D eigenvalue weighted by molar-refractivity contribution is 4.94. The molecule has 0 spiro atoms. The van der Waals surface area contributed by atoms with Gasteiger partial charge in [-0.1, -0.05) is 0 Å². The largest absolute Gasteiger partial charge is 0.395 e. The van der Waals surface area contributed by atoms with Gasteiger partial charge in [0.15, 0.2) is 0 Å². The first-order chi connectivity index (χ1) is 10.1. The lowest BCUT2D eigenvalue weighted by atomic mass is 9.81. The molecular weight excluding hydrogens is 288 g/mol. The molecule has 0 aromatic heterocycles. The molecule has 0 aliphatic rings. The number of hydrogen-bond donors (Lipinski definition) is 6. The highest BCUT2D eigenvalue weighted by Crippen LogP contribution is 2.36. The fourth-order valence-electron chi connectivity index (χ4n) is 1.79. The van der Waals surface area contributed by atoms with Crippen LogP contribution in [0.3, 0.4) is 0 Å². The Hall–Kier alpha value is -0.360. The van der Waals surface area contributed by atoms with Gasteiger partial charge < -0.3 is 44.8 Å². The van der Waals surface area contributed by atoms with Crippen molar-refractivity contribution in [2.45, 2.75) is 5.79 Å². The molecule has 9 nitrogen and oxygen atoms in total. The first-order valence-electron chi connectivity index (χ1n) is 6.62. The maximum absolute atomic E-state index is 9.56. The lowest BCUT2D eigenvalue weighted by molar-refractivity contribution is -0.340. The third kappa shape index (κ3) is 5.40. The Morgan fingerprint density at radius 3 is 1.38 bits per heavy atom. The molecule has 0 unspecified atom stereocenters. The van der Waals surface area contributed by atoms with E-state index in [1.54, 1.807) is 0 Å². The highest BCUT2D eigenvalue weighted by Gasteiger charge is 2.53. The zero-order valence-corrected chi connectivity index (χ0v) is 12.0. The summed E-state index contributed by atoms with van der Waals surface area (Å²) < 4.78 is 15.9. The van der Waals surface area contributed by atoms with Crippen LogP contribution in [0.15, 0.2) is 0 Å². The zero-order valence-electron chi connectivity index (χ0n) is 12.0. The summed E-state index contributed by atoms with van der Waals surface area (Å²) in [6, 6.07) is 0. The Bertz CT molecular complexity index is 229. The van der Waals surface area contributed by atoms with E-state index in [-0.39, 0.29) is 46.2 Å². The van der Waals surface area contributed by atoms with Gasteiger partial charge in [-0.25, -0.2) is 0 Å². The van der Waals surface area contributed by atoms with E-state index in [2.05, 4.69) is 0 Å². The number of aliphatic hydroxyl groups is 6. The van der Waals surface area contributed by atoms with Crippen LogP contribution in [-0.4, -0.2) is 102 Å². The van der Waals surface area contributed by atoms with Crippen LogP contribution in [0.2, 0.25) is 0 Å². The van der Waals surface area contributed by atoms with Gasteiger partial charge in [0.1, 0.15) is 6.61 Å². The summed E-state index contributed by atoms with van der Waals surface area (Å²) in [6.07, 6.45) is 0. The number of aliphatic hydroxyl groups excluding tert-OH is 6. The van der Waals surface area contributed by atoms with Crippen molar-refractivity contribution < 1.29 is 44.8 Å². The zero-order chi connectivity index (χ0) is 16.2. The summed E-state index contributed by atoms with van der Waals surface area (Å²) >= 11 is 0. The third-order valence-corrected chi connectivity index (χ3v) is 3.10. The number of rotatable bonds is 14. The average Bonchev–Trinajstić information content (AvgIpc) is 2.52. The van der Waals surface area contributed by atoms with E-state index in [4.69, 9.17) is 29.5 Å².